The molecule has 0 aliphatic rings. The molecule has 1 N–H and O–H groups in total. The minimum Gasteiger partial charge on any atom is -0.267 e. The molecule has 0 unspecified atom stereocenters. The Bertz CT molecular complexity index is 889. The fourth-order valence-electron chi connectivity index (χ4n) is 1.77. The minimum atomic E-state index is -3.60. The standard InChI is InChI=1S/C15H16ClN3O3S2/c1-10(13-7-8-14(16)23-13)17-18-15(20)11-5-4-6-12(9-11)24(21,22)19(2)3/h4-9H,1-3H3,(H,18,20)/b17-10-. The lowest BCUT2D eigenvalue weighted by Gasteiger charge is -2.11. The van der Waals surface area contributed by atoms with Crippen molar-refractivity contribution in [1.82, 2.24) is 9.73 Å². The SMILES string of the molecule is C/C(=N/NC(=O)c1cccc(S(=O)(=O)N(C)C)c1)c1ccc(Cl)s1. The average molecular weight is 386 g/mol. The molecule has 6 nitrogen and oxygen atoms in total. The number of benzene rings is 1. The van der Waals surface area contributed by atoms with Gasteiger partial charge >= 0.3 is 0 Å². The molecule has 0 radical (unpaired) electrons. The molecular formula is C15H16ClN3O3S2. The molecule has 0 spiro atoms. The van der Waals surface area contributed by atoms with Crippen LogP contribution in [0.2, 0.25) is 4.34 Å². The maximum atomic E-state index is 12.2. The first-order valence-electron chi connectivity index (χ1n) is 6.85. The molecule has 0 atom stereocenters. The molecule has 1 heterocycles. The van der Waals surface area contributed by atoms with Crippen LogP contribution in [0.25, 0.3) is 0 Å². The van der Waals surface area contributed by atoms with Crippen LogP contribution in [0.15, 0.2) is 46.4 Å². The summed E-state index contributed by atoms with van der Waals surface area (Å²) in [4.78, 5) is 13.1. The number of amides is 1. The van der Waals surface area contributed by atoms with Gasteiger partial charge in [-0.25, -0.2) is 18.1 Å². The Balaban J connectivity index is 2.19. The fraction of sp³-hybridized carbons (Fsp3) is 0.200. The molecule has 0 saturated heterocycles. The molecule has 24 heavy (non-hydrogen) atoms. The number of carbonyl (C=O) groups excluding carboxylic acids is 1. The summed E-state index contributed by atoms with van der Waals surface area (Å²) < 4.78 is 26.0. The number of hydrazone groups is 1. The van der Waals surface area contributed by atoms with Crippen molar-refractivity contribution in [3.05, 3.63) is 51.2 Å². The van der Waals surface area contributed by atoms with Crippen LogP contribution in [0, 0.1) is 0 Å². The topological polar surface area (TPSA) is 78.8 Å². The summed E-state index contributed by atoms with van der Waals surface area (Å²) >= 11 is 7.21. The van der Waals surface area contributed by atoms with E-state index in [1.807, 2.05) is 6.07 Å². The predicted molar refractivity (Wildman–Crippen MR) is 96.3 cm³/mol. The van der Waals surface area contributed by atoms with E-state index in [0.717, 1.165) is 9.18 Å². The maximum Gasteiger partial charge on any atom is 0.271 e. The second-order valence-electron chi connectivity index (χ2n) is 5.06. The summed E-state index contributed by atoms with van der Waals surface area (Å²) in [5, 5.41) is 4.02. The van der Waals surface area contributed by atoms with Crippen molar-refractivity contribution < 1.29 is 13.2 Å². The molecule has 0 aliphatic carbocycles. The van der Waals surface area contributed by atoms with E-state index in [-0.39, 0.29) is 10.5 Å². The number of thiophene rings is 1. The highest BCUT2D eigenvalue weighted by molar-refractivity contribution is 7.89. The van der Waals surface area contributed by atoms with Crippen LogP contribution in [0.4, 0.5) is 0 Å². The normalized spacial score (nSPS) is 12.5. The van der Waals surface area contributed by atoms with Crippen LogP contribution in [0.3, 0.4) is 0 Å². The third-order valence-electron chi connectivity index (χ3n) is 3.13. The summed E-state index contributed by atoms with van der Waals surface area (Å²) in [5.74, 6) is -0.493. The van der Waals surface area contributed by atoms with E-state index in [4.69, 9.17) is 11.6 Å². The van der Waals surface area contributed by atoms with E-state index in [1.54, 1.807) is 13.0 Å². The summed E-state index contributed by atoms with van der Waals surface area (Å²) in [6.07, 6.45) is 0. The van der Waals surface area contributed by atoms with Crippen molar-refractivity contribution in [2.75, 3.05) is 14.1 Å². The zero-order valence-corrected chi connectivity index (χ0v) is 15.7. The number of nitrogens with one attached hydrogen (secondary N) is 1. The van der Waals surface area contributed by atoms with Crippen molar-refractivity contribution >= 4 is 44.6 Å². The van der Waals surface area contributed by atoms with E-state index in [9.17, 15) is 13.2 Å². The van der Waals surface area contributed by atoms with Crippen LogP contribution < -0.4 is 5.43 Å². The Morgan fingerprint density at radius 2 is 1.96 bits per heavy atom. The van der Waals surface area contributed by atoms with Gasteiger partial charge in [0, 0.05) is 19.7 Å². The van der Waals surface area contributed by atoms with Crippen LogP contribution in [-0.4, -0.2) is 38.4 Å². The van der Waals surface area contributed by atoms with Crippen molar-refractivity contribution in [1.29, 1.82) is 0 Å². The Labute approximate surface area is 149 Å². The Morgan fingerprint density at radius 1 is 1.25 bits per heavy atom. The van der Waals surface area contributed by atoms with E-state index in [0.29, 0.717) is 10.0 Å². The van der Waals surface area contributed by atoms with Crippen LogP contribution >= 0.6 is 22.9 Å². The molecule has 0 saturated carbocycles. The summed E-state index contributed by atoms with van der Waals surface area (Å²) in [6.45, 7) is 1.75. The Hall–Kier alpha value is -1.74. The van der Waals surface area contributed by atoms with E-state index >= 15 is 0 Å². The first-order chi connectivity index (χ1) is 11.2. The van der Waals surface area contributed by atoms with Gasteiger partial charge in [0.1, 0.15) is 0 Å². The molecule has 0 fully saturated rings. The van der Waals surface area contributed by atoms with Crippen LogP contribution in [-0.2, 0) is 10.0 Å². The molecule has 0 aliphatic heterocycles. The number of rotatable bonds is 5. The Kier molecular flexibility index (Phi) is 5.76. The van der Waals surface area contributed by atoms with Gasteiger partial charge in [0.15, 0.2) is 0 Å². The molecule has 1 aromatic carbocycles. The van der Waals surface area contributed by atoms with Crippen molar-refractivity contribution in [2.24, 2.45) is 5.10 Å². The fourth-order valence-corrected chi connectivity index (χ4v) is 3.71. The second-order valence-corrected chi connectivity index (χ2v) is 8.92. The first kappa shape index (κ1) is 18.6. The molecule has 1 amide bonds. The minimum absolute atomic E-state index is 0.0471. The van der Waals surface area contributed by atoms with Crippen molar-refractivity contribution in [3.63, 3.8) is 0 Å². The van der Waals surface area contributed by atoms with Gasteiger partial charge in [0.25, 0.3) is 5.91 Å². The second kappa shape index (κ2) is 7.43. The van der Waals surface area contributed by atoms with Gasteiger partial charge in [0.05, 0.1) is 19.8 Å². The number of hydrogen-bond donors (Lipinski definition) is 1. The van der Waals surface area contributed by atoms with E-state index < -0.39 is 15.9 Å². The molecule has 9 heteroatoms. The first-order valence-corrected chi connectivity index (χ1v) is 9.48. The summed E-state index contributed by atoms with van der Waals surface area (Å²) in [5.41, 5.74) is 3.23. The lowest BCUT2D eigenvalue weighted by Crippen LogP contribution is -2.23. The highest BCUT2D eigenvalue weighted by atomic mass is 35.5. The van der Waals surface area contributed by atoms with Crippen molar-refractivity contribution in [2.45, 2.75) is 11.8 Å². The van der Waals surface area contributed by atoms with Crippen LogP contribution in [0.1, 0.15) is 22.2 Å². The van der Waals surface area contributed by atoms with Gasteiger partial charge < -0.3 is 0 Å². The highest BCUT2D eigenvalue weighted by Crippen LogP contribution is 2.21. The number of hydrogen-bond acceptors (Lipinski definition) is 5. The largest absolute Gasteiger partial charge is 0.271 e. The van der Waals surface area contributed by atoms with Gasteiger partial charge in [-0.1, -0.05) is 17.7 Å². The quantitative estimate of drug-likeness (QED) is 0.634. The molecule has 1 aromatic heterocycles. The van der Waals surface area contributed by atoms with Crippen LogP contribution in [0.5, 0.6) is 0 Å². The number of carbonyl (C=O) groups is 1. The lowest BCUT2D eigenvalue weighted by atomic mass is 10.2. The van der Waals surface area contributed by atoms with E-state index in [2.05, 4.69) is 10.5 Å². The summed E-state index contributed by atoms with van der Waals surface area (Å²) in [6, 6.07) is 9.35. The lowest BCUT2D eigenvalue weighted by molar-refractivity contribution is 0.0954. The zero-order chi connectivity index (χ0) is 17.9. The third kappa shape index (κ3) is 4.21. The van der Waals surface area contributed by atoms with Gasteiger partial charge in [-0.05, 0) is 37.3 Å². The smallest absolute Gasteiger partial charge is 0.267 e. The monoisotopic (exact) mass is 385 g/mol. The third-order valence-corrected chi connectivity index (χ3v) is 6.28. The molecular weight excluding hydrogens is 370 g/mol. The molecule has 0 bridgehead atoms. The van der Waals surface area contributed by atoms with Gasteiger partial charge in [-0.2, -0.15) is 5.10 Å². The van der Waals surface area contributed by atoms with Crippen molar-refractivity contribution in [3.8, 4) is 0 Å². The molecule has 2 aromatic rings. The maximum absolute atomic E-state index is 12.2. The average Bonchev–Trinajstić information content (AvgIpc) is 2.98. The number of halogens is 1. The van der Waals surface area contributed by atoms with Gasteiger partial charge in [0.2, 0.25) is 10.0 Å². The van der Waals surface area contributed by atoms with Gasteiger partial charge in [-0.3, -0.25) is 4.79 Å². The number of sulfonamides is 1. The molecule has 2 rings (SSSR count). The van der Waals surface area contributed by atoms with E-state index in [1.165, 1.54) is 49.7 Å². The van der Waals surface area contributed by atoms with Gasteiger partial charge in [-0.15, -0.1) is 11.3 Å². The highest BCUT2D eigenvalue weighted by Gasteiger charge is 2.18. The predicted octanol–water partition coefficient (Wildman–Crippen LogP) is 2.81. The molecule has 128 valence electrons. The number of nitrogens with zero attached hydrogens (tertiary/aromatic N) is 2. The summed E-state index contributed by atoms with van der Waals surface area (Å²) in [7, 11) is -0.735. The Morgan fingerprint density at radius 3 is 2.54 bits per heavy atom. The zero-order valence-electron chi connectivity index (χ0n) is 13.3.